The van der Waals surface area contributed by atoms with E-state index in [0.29, 0.717) is 19.2 Å². The van der Waals surface area contributed by atoms with Crippen molar-refractivity contribution in [2.75, 3.05) is 20.8 Å². The second kappa shape index (κ2) is 11.4. The van der Waals surface area contributed by atoms with Crippen LogP contribution in [0.2, 0.25) is 0 Å². The molecule has 5 nitrogen and oxygen atoms in total. The predicted molar refractivity (Wildman–Crippen MR) is 110 cm³/mol. The first-order chi connectivity index (χ1) is 11.3. The minimum Gasteiger partial charge on any atom is -0.493 e. The van der Waals surface area contributed by atoms with Crippen LogP contribution < -0.4 is 20.1 Å². The molecule has 1 aromatic rings. The number of rotatable bonds is 6. The third-order valence-corrected chi connectivity index (χ3v) is 4.16. The number of hydrogen-bond donors (Lipinski definition) is 2. The van der Waals surface area contributed by atoms with Gasteiger partial charge in [0.25, 0.3) is 0 Å². The lowest BCUT2D eigenvalue weighted by atomic mass is 9.96. The molecule has 0 atom stereocenters. The van der Waals surface area contributed by atoms with Crippen LogP contribution in [0.4, 0.5) is 0 Å². The molecule has 1 aliphatic carbocycles. The van der Waals surface area contributed by atoms with Gasteiger partial charge in [0.1, 0.15) is 0 Å². The first-order valence-corrected chi connectivity index (χ1v) is 8.53. The molecule has 1 fully saturated rings. The third kappa shape index (κ3) is 6.37. The van der Waals surface area contributed by atoms with Crippen molar-refractivity contribution in [3.63, 3.8) is 0 Å². The number of hydrogen-bond acceptors (Lipinski definition) is 3. The topological polar surface area (TPSA) is 54.9 Å². The van der Waals surface area contributed by atoms with Crippen molar-refractivity contribution in [1.29, 1.82) is 0 Å². The number of nitrogens with zero attached hydrogens (tertiary/aromatic N) is 1. The van der Waals surface area contributed by atoms with Gasteiger partial charge in [0.05, 0.1) is 13.7 Å². The smallest absolute Gasteiger partial charge is 0.191 e. The molecule has 0 saturated heterocycles. The first-order valence-electron chi connectivity index (χ1n) is 8.53. The summed E-state index contributed by atoms with van der Waals surface area (Å²) in [6.45, 7) is 3.30. The zero-order valence-corrected chi connectivity index (χ0v) is 17.3. The highest BCUT2D eigenvalue weighted by molar-refractivity contribution is 14.0. The van der Waals surface area contributed by atoms with Crippen LogP contribution in [0.3, 0.4) is 0 Å². The van der Waals surface area contributed by atoms with Crippen LogP contribution in [0.25, 0.3) is 0 Å². The van der Waals surface area contributed by atoms with Gasteiger partial charge < -0.3 is 20.1 Å². The van der Waals surface area contributed by atoms with Crippen molar-refractivity contribution in [2.24, 2.45) is 4.99 Å². The summed E-state index contributed by atoms with van der Waals surface area (Å²) in [4.78, 5) is 4.33. The molecule has 0 radical (unpaired) electrons. The lowest BCUT2D eigenvalue weighted by Crippen LogP contribution is -2.43. The van der Waals surface area contributed by atoms with Crippen molar-refractivity contribution in [3.8, 4) is 11.5 Å². The summed E-state index contributed by atoms with van der Waals surface area (Å²) < 4.78 is 10.9. The number of benzene rings is 1. The Bertz CT molecular complexity index is 517. The molecular weight excluding hydrogens is 417 g/mol. The molecule has 0 unspecified atom stereocenters. The fourth-order valence-electron chi connectivity index (χ4n) is 2.92. The number of nitrogens with one attached hydrogen (secondary N) is 2. The van der Waals surface area contributed by atoms with E-state index in [9.17, 15) is 0 Å². The first kappa shape index (κ1) is 20.9. The Labute approximate surface area is 162 Å². The van der Waals surface area contributed by atoms with Crippen LogP contribution >= 0.6 is 24.0 Å². The Hall–Kier alpha value is -1.18. The summed E-state index contributed by atoms with van der Waals surface area (Å²) in [5.74, 6) is 2.41. The second-order valence-corrected chi connectivity index (χ2v) is 5.82. The van der Waals surface area contributed by atoms with Gasteiger partial charge in [0.15, 0.2) is 17.5 Å². The maximum atomic E-state index is 5.62. The van der Waals surface area contributed by atoms with Gasteiger partial charge in [-0.15, -0.1) is 24.0 Å². The molecule has 2 N–H and O–H groups in total. The maximum Gasteiger partial charge on any atom is 0.191 e. The number of halogens is 1. The van der Waals surface area contributed by atoms with Crippen LogP contribution in [0.5, 0.6) is 11.5 Å². The summed E-state index contributed by atoms with van der Waals surface area (Å²) in [5.41, 5.74) is 1.14. The van der Waals surface area contributed by atoms with Crippen molar-refractivity contribution in [2.45, 2.75) is 51.6 Å². The molecular formula is C18H30IN3O2. The fourth-order valence-corrected chi connectivity index (χ4v) is 2.92. The Morgan fingerprint density at radius 3 is 2.58 bits per heavy atom. The van der Waals surface area contributed by atoms with Crippen molar-refractivity contribution < 1.29 is 9.47 Å². The van der Waals surface area contributed by atoms with E-state index in [4.69, 9.17) is 9.47 Å². The molecule has 0 aliphatic heterocycles. The lowest BCUT2D eigenvalue weighted by Gasteiger charge is -2.25. The minimum absolute atomic E-state index is 0. The highest BCUT2D eigenvalue weighted by Gasteiger charge is 2.14. The summed E-state index contributed by atoms with van der Waals surface area (Å²) in [6.07, 6.45) is 6.45. The highest BCUT2D eigenvalue weighted by atomic mass is 127. The van der Waals surface area contributed by atoms with Crippen LogP contribution in [-0.4, -0.2) is 32.8 Å². The Morgan fingerprint density at radius 1 is 1.21 bits per heavy atom. The molecule has 1 aromatic carbocycles. The monoisotopic (exact) mass is 447 g/mol. The number of ether oxygens (including phenoxy) is 2. The SMILES string of the molecule is CCOc1cc(CNC(=NC)NC2CCCCC2)ccc1OC.I. The van der Waals surface area contributed by atoms with Gasteiger partial charge in [-0.3, -0.25) is 4.99 Å². The van der Waals surface area contributed by atoms with E-state index in [0.717, 1.165) is 23.0 Å². The molecule has 0 aromatic heterocycles. The number of methoxy groups -OCH3 is 1. The van der Waals surface area contributed by atoms with Crippen molar-refractivity contribution in [3.05, 3.63) is 23.8 Å². The van der Waals surface area contributed by atoms with Gasteiger partial charge in [-0.2, -0.15) is 0 Å². The predicted octanol–water partition coefficient (Wildman–Crippen LogP) is 3.71. The zero-order valence-electron chi connectivity index (χ0n) is 14.9. The Morgan fingerprint density at radius 2 is 1.96 bits per heavy atom. The quantitative estimate of drug-likeness (QED) is 0.397. The van der Waals surface area contributed by atoms with Gasteiger partial charge in [0, 0.05) is 19.6 Å². The Kier molecular flexibility index (Phi) is 9.90. The molecule has 24 heavy (non-hydrogen) atoms. The van der Waals surface area contributed by atoms with Crippen LogP contribution in [0, 0.1) is 0 Å². The average molecular weight is 447 g/mol. The molecule has 6 heteroatoms. The molecule has 2 rings (SSSR count). The van der Waals surface area contributed by atoms with E-state index in [1.54, 1.807) is 7.11 Å². The molecule has 0 spiro atoms. The lowest BCUT2D eigenvalue weighted by molar-refractivity contribution is 0.310. The van der Waals surface area contributed by atoms with E-state index < -0.39 is 0 Å². The van der Waals surface area contributed by atoms with Gasteiger partial charge in [-0.1, -0.05) is 25.3 Å². The summed E-state index contributed by atoms with van der Waals surface area (Å²) in [7, 11) is 3.48. The van der Waals surface area contributed by atoms with Crippen molar-refractivity contribution in [1.82, 2.24) is 10.6 Å². The summed E-state index contributed by atoms with van der Waals surface area (Å²) >= 11 is 0. The highest BCUT2D eigenvalue weighted by Crippen LogP contribution is 2.28. The molecule has 1 aliphatic rings. The second-order valence-electron chi connectivity index (χ2n) is 5.82. The largest absolute Gasteiger partial charge is 0.493 e. The zero-order chi connectivity index (χ0) is 16.5. The minimum atomic E-state index is 0. The van der Waals surface area contributed by atoms with Gasteiger partial charge >= 0.3 is 0 Å². The molecule has 0 bridgehead atoms. The van der Waals surface area contributed by atoms with E-state index >= 15 is 0 Å². The van der Waals surface area contributed by atoms with E-state index in [-0.39, 0.29) is 24.0 Å². The molecule has 136 valence electrons. The normalized spacial score (nSPS) is 15.4. The third-order valence-electron chi connectivity index (χ3n) is 4.16. The maximum absolute atomic E-state index is 5.62. The van der Waals surface area contributed by atoms with Crippen LogP contribution in [0.1, 0.15) is 44.6 Å². The van der Waals surface area contributed by atoms with E-state index in [1.807, 2.05) is 32.2 Å². The summed E-state index contributed by atoms with van der Waals surface area (Å²) in [5, 5.41) is 6.90. The number of guanidine groups is 1. The molecule has 0 heterocycles. The number of aliphatic imine (C=N–C) groups is 1. The Balaban J connectivity index is 0.00000288. The molecule has 0 amide bonds. The summed E-state index contributed by atoms with van der Waals surface area (Å²) in [6, 6.07) is 6.55. The molecule has 1 saturated carbocycles. The van der Waals surface area contributed by atoms with Gasteiger partial charge in [-0.25, -0.2) is 0 Å². The van der Waals surface area contributed by atoms with Gasteiger partial charge in [0.2, 0.25) is 0 Å². The average Bonchev–Trinajstić information content (AvgIpc) is 2.60. The van der Waals surface area contributed by atoms with E-state index in [1.165, 1.54) is 32.1 Å². The van der Waals surface area contributed by atoms with Crippen LogP contribution in [-0.2, 0) is 6.54 Å². The van der Waals surface area contributed by atoms with E-state index in [2.05, 4.69) is 15.6 Å². The van der Waals surface area contributed by atoms with Gasteiger partial charge in [-0.05, 0) is 37.5 Å². The standard InChI is InChI=1S/C18H29N3O2.HI/c1-4-23-17-12-14(10-11-16(17)22-3)13-20-18(19-2)21-15-8-6-5-7-9-15;/h10-12,15H,4-9,13H2,1-3H3,(H2,19,20,21);1H. The van der Waals surface area contributed by atoms with Crippen LogP contribution in [0.15, 0.2) is 23.2 Å². The fraction of sp³-hybridized carbons (Fsp3) is 0.611. The van der Waals surface area contributed by atoms with Crippen molar-refractivity contribution >= 4 is 29.9 Å².